The lowest BCUT2D eigenvalue weighted by Gasteiger charge is -2.18. The van der Waals surface area contributed by atoms with Gasteiger partial charge >= 0.3 is 5.97 Å². The first kappa shape index (κ1) is 23.7. The summed E-state index contributed by atoms with van der Waals surface area (Å²) in [6.07, 6.45) is -0.165. The van der Waals surface area contributed by atoms with Gasteiger partial charge in [-0.2, -0.15) is 0 Å². The number of hydrazine groups is 2. The van der Waals surface area contributed by atoms with Crippen molar-refractivity contribution >= 4 is 41.2 Å². The summed E-state index contributed by atoms with van der Waals surface area (Å²) >= 11 is 5.75. The summed E-state index contributed by atoms with van der Waals surface area (Å²) in [5.41, 5.74) is 8.22. The second kappa shape index (κ2) is 10.6. The predicted octanol–water partition coefficient (Wildman–Crippen LogP) is 1.15. The Labute approximate surface area is 194 Å². The zero-order valence-electron chi connectivity index (χ0n) is 17.6. The Bertz CT molecular complexity index is 1090. The van der Waals surface area contributed by atoms with Crippen molar-refractivity contribution in [1.29, 1.82) is 0 Å². The maximum Gasteiger partial charge on any atom is 0.311 e. The van der Waals surface area contributed by atoms with Gasteiger partial charge in [0.1, 0.15) is 0 Å². The standard InChI is InChI=1S/C22H21ClN4O6/c1-13-4-2-3-5-17(13)21(31)26-27-11-15(10-19(27)29)22(32)33-12-18(28)24-25-20(30)14-6-8-16(23)9-7-14/h2-9,15H,10-12H2,1H3,(H,24,28)(H,25,30)(H,26,31)/t15-/m1/s1. The van der Waals surface area contributed by atoms with E-state index in [1.807, 2.05) is 0 Å². The number of ether oxygens (including phenoxy) is 1. The molecule has 0 radical (unpaired) electrons. The molecule has 0 spiro atoms. The zero-order valence-corrected chi connectivity index (χ0v) is 18.3. The van der Waals surface area contributed by atoms with Gasteiger partial charge in [0.05, 0.1) is 12.5 Å². The lowest BCUT2D eigenvalue weighted by molar-refractivity contribution is -0.152. The summed E-state index contributed by atoms with van der Waals surface area (Å²) in [7, 11) is 0. The number of carbonyl (C=O) groups is 5. The Balaban J connectivity index is 1.43. The highest BCUT2D eigenvalue weighted by molar-refractivity contribution is 6.30. The zero-order chi connectivity index (χ0) is 24.0. The van der Waals surface area contributed by atoms with Crippen LogP contribution in [0.25, 0.3) is 0 Å². The Hall–Kier alpha value is -3.92. The molecule has 1 saturated heterocycles. The molecular weight excluding hydrogens is 452 g/mol. The van der Waals surface area contributed by atoms with Crippen molar-refractivity contribution in [2.75, 3.05) is 13.2 Å². The van der Waals surface area contributed by atoms with Crippen molar-refractivity contribution in [1.82, 2.24) is 21.3 Å². The van der Waals surface area contributed by atoms with Gasteiger partial charge in [-0.3, -0.25) is 45.3 Å². The van der Waals surface area contributed by atoms with Crippen LogP contribution in [0.3, 0.4) is 0 Å². The van der Waals surface area contributed by atoms with Crippen molar-refractivity contribution < 1.29 is 28.7 Å². The lowest BCUT2D eigenvalue weighted by atomic mass is 10.1. The van der Waals surface area contributed by atoms with E-state index in [4.69, 9.17) is 16.3 Å². The molecule has 3 N–H and O–H groups in total. The van der Waals surface area contributed by atoms with E-state index in [9.17, 15) is 24.0 Å². The second-order valence-electron chi connectivity index (χ2n) is 7.28. The van der Waals surface area contributed by atoms with Crippen molar-refractivity contribution in [3.8, 4) is 0 Å². The SMILES string of the molecule is Cc1ccccc1C(=O)NN1C[C@H](C(=O)OCC(=O)NNC(=O)c2ccc(Cl)cc2)CC1=O. The number of aryl methyl sites for hydroxylation is 1. The van der Waals surface area contributed by atoms with Gasteiger partial charge in [-0.1, -0.05) is 29.8 Å². The molecule has 0 aliphatic carbocycles. The van der Waals surface area contributed by atoms with Crippen LogP contribution in [0.1, 0.15) is 32.7 Å². The first-order chi connectivity index (χ1) is 15.7. The van der Waals surface area contributed by atoms with Crippen LogP contribution in [0.2, 0.25) is 5.02 Å². The number of carbonyl (C=O) groups excluding carboxylic acids is 5. The minimum absolute atomic E-state index is 0.0792. The number of nitrogens with one attached hydrogen (secondary N) is 3. The highest BCUT2D eigenvalue weighted by Crippen LogP contribution is 2.18. The number of hydrogen-bond acceptors (Lipinski definition) is 6. The number of benzene rings is 2. The molecule has 1 aliphatic heterocycles. The highest BCUT2D eigenvalue weighted by Gasteiger charge is 2.36. The molecule has 172 valence electrons. The van der Waals surface area contributed by atoms with Gasteiger partial charge < -0.3 is 4.74 Å². The normalized spacial score (nSPS) is 15.0. The first-order valence-electron chi connectivity index (χ1n) is 9.93. The summed E-state index contributed by atoms with van der Waals surface area (Å²) in [6, 6.07) is 12.9. The summed E-state index contributed by atoms with van der Waals surface area (Å²) < 4.78 is 4.94. The maximum absolute atomic E-state index is 12.4. The van der Waals surface area contributed by atoms with Gasteiger partial charge in [0.15, 0.2) is 6.61 Å². The molecule has 0 bridgehead atoms. The summed E-state index contributed by atoms with van der Waals surface area (Å²) in [4.78, 5) is 60.6. The molecule has 2 aromatic carbocycles. The largest absolute Gasteiger partial charge is 0.455 e. The van der Waals surface area contributed by atoms with Crippen LogP contribution in [-0.4, -0.2) is 47.8 Å². The third-order valence-corrected chi connectivity index (χ3v) is 5.10. The van der Waals surface area contributed by atoms with Crippen LogP contribution in [0, 0.1) is 12.8 Å². The Morgan fingerprint density at radius 3 is 2.42 bits per heavy atom. The molecule has 4 amide bonds. The Morgan fingerprint density at radius 2 is 1.73 bits per heavy atom. The fraction of sp³-hybridized carbons (Fsp3) is 0.227. The number of halogens is 1. The average Bonchev–Trinajstić information content (AvgIpc) is 3.16. The van der Waals surface area contributed by atoms with Gasteiger partial charge in [0.2, 0.25) is 5.91 Å². The monoisotopic (exact) mass is 472 g/mol. The Morgan fingerprint density at radius 1 is 1.03 bits per heavy atom. The number of rotatable bonds is 6. The smallest absolute Gasteiger partial charge is 0.311 e. The predicted molar refractivity (Wildman–Crippen MR) is 116 cm³/mol. The highest BCUT2D eigenvalue weighted by atomic mass is 35.5. The fourth-order valence-corrected chi connectivity index (χ4v) is 3.20. The number of amides is 4. The topological polar surface area (TPSA) is 134 Å². The van der Waals surface area contributed by atoms with Gasteiger partial charge in [-0.05, 0) is 42.8 Å². The molecule has 0 unspecified atom stereocenters. The maximum atomic E-state index is 12.4. The van der Waals surface area contributed by atoms with E-state index < -0.39 is 42.1 Å². The molecular formula is C22H21ClN4O6. The Kier molecular flexibility index (Phi) is 7.62. The lowest BCUT2D eigenvalue weighted by Crippen LogP contribution is -2.44. The molecule has 1 fully saturated rings. The number of hydrogen-bond donors (Lipinski definition) is 3. The van der Waals surface area contributed by atoms with Crippen LogP contribution in [0.4, 0.5) is 0 Å². The molecule has 11 heteroatoms. The van der Waals surface area contributed by atoms with Crippen molar-refractivity contribution in [2.45, 2.75) is 13.3 Å². The molecule has 0 aromatic heterocycles. The second-order valence-corrected chi connectivity index (χ2v) is 7.71. The van der Waals surface area contributed by atoms with Crippen LogP contribution >= 0.6 is 11.6 Å². The molecule has 10 nitrogen and oxygen atoms in total. The number of esters is 1. The summed E-state index contributed by atoms with van der Waals surface area (Å²) in [5, 5.41) is 1.52. The summed E-state index contributed by atoms with van der Waals surface area (Å²) in [6.45, 7) is 1.04. The minimum Gasteiger partial charge on any atom is -0.455 e. The molecule has 33 heavy (non-hydrogen) atoms. The van der Waals surface area contributed by atoms with Gasteiger partial charge in [0.25, 0.3) is 17.7 Å². The molecule has 2 aromatic rings. The molecule has 1 atom stereocenters. The average molecular weight is 473 g/mol. The van der Waals surface area contributed by atoms with E-state index in [0.29, 0.717) is 10.6 Å². The first-order valence-corrected chi connectivity index (χ1v) is 10.3. The minimum atomic E-state index is -0.842. The van der Waals surface area contributed by atoms with Crippen molar-refractivity contribution in [2.24, 2.45) is 5.92 Å². The quantitative estimate of drug-likeness (QED) is 0.426. The fourth-order valence-electron chi connectivity index (χ4n) is 3.07. The van der Waals surface area contributed by atoms with E-state index in [1.54, 1.807) is 31.2 Å². The van der Waals surface area contributed by atoms with E-state index in [0.717, 1.165) is 10.6 Å². The van der Waals surface area contributed by atoms with E-state index >= 15 is 0 Å². The number of nitrogens with zero attached hydrogens (tertiary/aromatic N) is 1. The molecule has 1 aliphatic rings. The van der Waals surface area contributed by atoms with E-state index in [1.165, 1.54) is 24.3 Å². The van der Waals surface area contributed by atoms with E-state index in [-0.39, 0.29) is 18.5 Å². The van der Waals surface area contributed by atoms with Gasteiger partial charge in [-0.15, -0.1) is 0 Å². The molecule has 3 rings (SSSR count). The third kappa shape index (κ3) is 6.30. The van der Waals surface area contributed by atoms with Crippen LogP contribution in [-0.2, 0) is 19.1 Å². The van der Waals surface area contributed by atoms with Crippen LogP contribution < -0.4 is 16.3 Å². The van der Waals surface area contributed by atoms with Crippen molar-refractivity contribution in [3.63, 3.8) is 0 Å². The molecule has 1 heterocycles. The summed E-state index contributed by atoms with van der Waals surface area (Å²) in [5.74, 6) is -3.86. The van der Waals surface area contributed by atoms with Crippen LogP contribution in [0.15, 0.2) is 48.5 Å². The third-order valence-electron chi connectivity index (χ3n) is 4.85. The molecule has 0 saturated carbocycles. The van der Waals surface area contributed by atoms with Gasteiger partial charge in [0, 0.05) is 22.6 Å². The van der Waals surface area contributed by atoms with Crippen molar-refractivity contribution in [3.05, 3.63) is 70.2 Å². The van der Waals surface area contributed by atoms with Crippen LogP contribution in [0.5, 0.6) is 0 Å². The van der Waals surface area contributed by atoms with E-state index in [2.05, 4.69) is 16.3 Å². The van der Waals surface area contributed by atoms with Gasteiger partial charge in [-0.25, -0.2) is 0 Å².